The highest BCUT2D eigenvalue weighted by atomic mass is 32.2. The Kier molecular flexibility index (Phi) is 5.87. The molecule has 1 aliphatic heterocycles. The normalized spacial score (nSPS) is 19.3. The lowest BCUT2D eigenvalue weighted by Crippen LogP contribution is -2.38. The highest BCUT2D eigenvalue weighted by Gasteiger charge is 2.32. The van der Waals surface area contributed by atoms with E-state index in [4.69, 9.17) is 4.74 Å². The summed E-state index contributed by atoms with van der Waals surface area (Å²) in [7, 11) is -1.28. The van der Waals surface area contributed by atoms with Crippen molar-refractivity contribution in [3.63, 3.8) is 0 Å². The minimum Gasteiger partial charge on any atom is -0.494 e. The molecule has 1 unspecified atom stereocenters. The quantitative estimate of drug-likeness (QED) is 0.815. The van der Waals surface area contributed by atoms with E-state index in [1.165, 1.54) is 0 Å². The second-order valence-electron chi connectivity index (χ2n) is 5.70. The molecule has 0 aliphatic carbocycles. The molecule has 1 atom stereocenters. The van der Waals surface area contributed by atoms with Gasteiger partial charge in [0.2, 0.25) is 5.91 Å². The zero-order valence-corrected chi connectivity index (χ0v) is 14.4. The number of rotatable bonds is 7. The smallest absolute Gasteiger partial charge is 0.224 e. The van der Waals surface area contributed by atoms with Gasteiger partial charge in [-0.2, -0.15) is 0 Å². The summed E-state index contributed by atoms with van der Waals surface area (Å²) < 4.78 is 28.3. The first kappa shape index (κ1) is 17.6. The highest BCUT2D eigenvalue weighted by molar-refractivity contribution is 7.91. The average Bonchev–Trinajstić information content (AvgIpc) is 2.88. The van der Waals surface area contributed by atoms with Crippen molar-refractivity contribution in [3.8, 4) is 5.75 Å². The van der Waals surface area contributed by atoms with Crippen LogP contribution < -0.4 is 10.1 Å². The highest BCUT2D eigenvalue weighted by Crippen LogP contribution is 2.18. The molecule has 1 saturated heterocycles. The van der Waals surface area contributed by atoms with E-state index in [1.807, 2.05) is 31.2 Å². The number of nitrogens with zero attached hydrogens (tertiary/aromatic N) is 1. The molecule has 2 rings (SSSR count). The first-order valence-corrected chi connectivity index (χ1v) is 9.66. The van der Waals surface area contributed by atoms with E-state index in [2.05, 4.69) is 5.32 Å². The van der Waals surface area contributed by atoms with Crippen LogP contribution in [0.4, 0.5) is 5.69 Å². The number of sulfone groups is 1. The first-order chi connectivity index (χ1) is 10.9. The van der Waals surface area contributed by atoms with Crippen molar-refractivity contribution >= 4 is 21.4 Å². The molecule has 1 amide bonds. The molecule has 0 spiro atoms. The van der Waals surface area contributed by atoms with Gasteiger partial charge >= 0.3 is 0 Å². The Morgan fingerprint density at radius 1 is 1.35 bits per heavy atom. The maximum atomic E-state index is 12.1. The zero-order chi connectivity index (χ0) is 16.9. The largest absolute Gasteiger partial charge is 0.494 e. The van der Waals surface area contributed by atoms with Gasteiger partial charge in [0.25, 0.3) is 0 Å². The number of nitrogens with one attached hydrogen (secondary N) is 1. The summed E-state index contributed by atoms with van der Waals surface area (Å²) in [5, 5.41) is 3.19. The van der Waals surface area contributed by atoms with E-state index in [9.17, 15) is 13.2 Å². The van der Waals surface area contributed by atoms with Crippen LogP contribution >= 0.6 is 0 Å². The third-order valence-corrected chi connectivity index (χ3v) is 5.73. The van der Waals surface area contributed by atoms with Gasteiger partial charge in [0.05, 0.1) is 18.1 Å². The van der Waals surface area contributed by atoms with Gasteiger partial charge in [-0.3, -0.25) is 4.79 Å². The molecule has 23 heavy (non-hydrogen) atoms. The predicted molar refractivity (Wildman–Crippen MR) is 90.5 cm³/mol. The van der Waals surface area contributed by atoms with Gasteiger partial charge < -0.3 is 15.0 Å². The monoisotopic (exact) mass is 340 g/mol. The van der Waals surface area contributed by atoms with Crippen molar-refractivity contribution in [3.05, 3.63) is 24.3 Å². The van der Waals surface area contributed by atoms with Crippen LogP contribution in [0.3, 0.4) is 0 Å². The Morgan fingerprint density at radius 3 is 2.61 bits per heavy atom. The zero-order valence-electron chi connectivity index (χ0n) is 13.6. The summed E-state index contributed by atoms with van der Waals surface area (Å²) >= 11 is 0. The van der Waals surface area contributed by atoms with E-state index in [1.54, 1.807) is 11.9 Å². The van der Waals surface area contributed by atoms with Crippen molar-refractivity contribution in [2.24, 2.45) is 0 Å². The number of amides is 1. The van der Waals surface area contributed by atoms with Crippen molar-refractivity contribution < 1.29 is 17.9 Å². The molecular weight excluding hydrogens is 316 g/mol. The van der Waals surface area contributed by atoms with Crippen LogP contribution in [0, 0.1) is 0 Å². The number of hydrogen-bond acceptors (Lipinski definition) is 5. The molecule has 1 aromatic carbocycles. The number of benzene rings is 1. The van der Waals surface area contributed by atoms with E-state index >= 15 is 0 Å². The lowest BCUT2D eigenvalue weighted by Gasteiger charge is -2.23. The third kappa shape index (κ3) is 5.13. The number of hydrogen-bond donors (Lipinski definition) is 1. The molecule has 1 fully saturated rings. The molecule has 1 heterocycles. The van der Waals surface area contributed by atoms with Crippen LogP contribution in [-0.2, 0) is 14.6 Å². The molecule has 1 aromatic rings. The number of ether oxygens (including phenoxy) is 1. The van der Waals surface area contributed by atoms with Gasteiger partial charge in [-0.25, -0.2) is 8.42 Å². The van der Waals surface area contributed by atoms with E-state index in [0.29, 0.717) is 26.0 Å². The van der Waals surface area contributed by atoms with E-state index in [-0.39, 0.29) is 23.5 Å². The van der Waals surface area contributed by atoms with Crippen LogP contribution in [0.25, 0.3) is 0 Å². The van der Waals surface area contributed by atoms with Gasteiger partial charge in [0.15, 0.2) is 9.84 Å². The minimum absolute atomic E-state index is 0.0365. The number of carbonyl (C=O) groups is 1. The van der Waals surface area contributed by atoms with Crippen LogP contribution in [-0.4, -0.2) is 57.0 Å². The van der Waals surface area contributed by atoms with Gasteiger partial charge in [0, 0.05) is 31.7 Å². The number of carbonyl (C=O) groups excluding carboxylic acids is 1. The minimum atomic E-state index is -2.97. The maximum absolute atomic E-state index is 12.1. The maximum Gasteiger partial charge on any atom is 0.224 e. The Morgan fingerprint density at radius 2 is 2.04 bits per heavy atom. The van der Waals surface area contributed by atoms with Crippen LogP contribution in [0.1, 0.15) is 19.8 Å². The van der Waals surface area contributed by atoms with Crippen molar-refractivity contribution in [1.82, 2.24) is 4.90 Å². The third-order valence-electron chi connectivity index (χ3n) is 3.98. The van der Waals surface area contributed by atoms with E-state index < -0.39 is 9.84 Å². The first-order valence-electron chi connectivity index (χ1n) is 7.84. The van der Waals surface area contributed by atoms with Gasteiger partial charge in [-0.1, -0.05) is 0 Å². The predicted octanol–water partition coefficient (Wildman–Crippen LogP) is 1.53. The molecule has 128 valence electrons. The Balaban J connectivity index is 1.76. The molecule has 0 radical (unpaired) electrons. The lowest BCUT2D eigenvalue weighted by molar-refractivity contribution is -0.131. The summed E-state index contributed by atoms with van der Waals surface area (Å²) in [6, 6.07) is 7.38. The van der Waals surface area contributed by atoms with Gasteiger partial charge in [-0.05, 0) is 37.6 Å². The Bertz CT molecular complexity index is 628. The molecule has 1 N–H and O–H groups in total. The molecule has 0 bridgehead atoms. The average molecular weight is 340 g/mol. The second-order valence-corrected chi connectivity index (χ2v) is 7.92. The summed E-state index contributed by atoms with van der Waals surface area (Å²) in [4.78, 5) is 13.7. The van der Waals surface area contributed by atoms with Crippen LogP contribution in [0.15, 0.2) is 24.3 Å². The van der Waals surface area contributed by atoms with Crippen molar-refractivity contribution in [2.45, 2.75) is 25.8 Å². The molecular formula is C16H24N2O4S. The van der Waals surface area contributed by atoms with E-state index in [0.717, 1.165) is 11.4 Å². The fourth-order valence-corrected chi connectivity index (χ4v) is 4.38. The van der Waals surface area contributed by atoms with Crippen molar-refractivity contribution in [1.29, 1.82) is 0 Å². The fourth-order valence-electron chi connectivity index (χ4n) is 2.61. The molecule has 7 heteroatoms. The number of anilines is 1. The van der Waals surface area contributed by atoms with Crippen LogP contribution in [0.5, 0.6) is 5.75 Å². The molecule has 0 aromatic heterocycles. The second kappa shape index (κ2) is 7.68. The summed E-state index contributed by atoms with van der Waals surface area (Å²) in [6.45, 7) is 3.07. The lowest BCUT2D eigenvalue weighted by atomic mass is 10.2. The van der Waals surface area contributed by atoms with Crippen LogP contribution in [0.2, 0.25) is 0 Å². The standard InChI is InChI=1S/C16H24N2O4S/c1-3-22-15-6-4-13(5-7-15)17-10-8-16(19)18(2)14-9-11-23(20,21)12-14/h4-7,14,17H,3,8-12H2,1-2H3. The fraction of sp³-hybridized carbons (Fsp3) is 0.562. The SMILES string of the molecule is CCOc1ccc(NCCC(=O)N(C)C2CCS(=O)(=O)C2)cc1. The molecule has 0 saturated carbocycles. The molecule has 6 nitrogen and oxygen atoms in total. The van der Waals surface area contributed by atoms with Gasteiger partial charge in [-0.15, -0.1) is 0 Å². The van der Waals surface area contributed by atoms with Gasteiger partial charge in [0.1, 0.15) is 5.75 Å². The summed E-state index contributed by atoms with van der Waals surface area (Å²) in [5.74, 6) is 1.04. The summed E-state index contributed by atoms with van der Waals surface area (Å²) in [6.07, 6.45) is 0.872. The van der Waals surface area contributed by atoms with Crippen molar-refractivity contribution in [2.75, 3.05) is 37.0 Å². The Hall–Kier alpha value is -1.76. The molecule has 1 aliphatic rings. The summed E-state index contributed by atoms with van der Waals surface area (Å²) in [5.41, 5.74) is 0.923. The topological polar surface area (TPSA) is 75.7 Å². The Labute approximate surface area is 137 Å².